The van der Waals surface area contributed by atoms with E-state index in [-0.39, 0.29) is 16.5 Å². The molecule has 0 aromatic heterocycles. The topological polar surface area (TPSA) is 24.7 Å². The first-order valence-corrected chi connectivity index (χ1v) is 7.02. The zero-order chi connectivity index (χ0) is 12.3. The molecule has 17 heavy (non-hydrogen) atoms. The van der Waals surface area contributed by atoms with Gasteiger partial charge in [-0.15, -0.1) is 0 Å². The van der Waals surface area contributed by atoms with Crippen molar-refractivity contribution in [2.24, 2.45) is 27.5 Å². The molecule has 1 aliphatic heterocycles. The summed E-state index contributed by atoms with van der Waals surface area (Å²) < 4.78 is 0. The number of fused-ring (bicyclic) bond motifs is 5. The lowest BCUT2D eigenvalue weighted by Gasteiger charge is -2.36. The molecule has 3 aliphatic rings. The summed E-state index contributed by atoms with van der Waals surface area (Å²) in [7, 11) is 0. The molecule has 94 valence electrons. The van der Waals surface area contributed by atoms with Crippen molar-refractivity contribution in [3.05, 3.63) is 12.2 Å². The first-order valence-electron chi connectivity index (χ1n) is 7.02. The molecule has 2 heteroatoms. The molecule has 0 aromatic rings. The van der Waals surface area contributed by atoms with Crippen LogP contribution in [0.4, 0.5) is 0 Å². The van der Waals surface area contributed by atoms with Crippen LogP contribution < -0.4 is 0 Å². The van der Waals surface area contributed by atoms with Crippen LogP contribution in [0.1, 0.15) is 53.4 Å². The highest BCUT2D eigenvalue weighted by atomic mass is 15.3. The summed E-state index contributed by atoms with van der Waals surface area (Å²) in [6.45, 7) is 9.45. The minimum absolute atomic E-state index is 0.0671. The Kier molecular flexibility index (Phi) is 2.16. The van der Waals surface area contributed by atoms with E-state index < -0.39 is 0 Å². The maximum absolute atomic E-state index is 4.72. The monoisotopic (exact) mass is 232 g/mol. The van der Waals surface area contributed by atoms with Gasteiger partial charge in [-0.1, -0.05) is 26.0 Å². The number of nitrogens with zero attached hydrogens (tertiary/aromatic N) is 2. The second-order valence-corrected chi connectivity index (χ2v) is 6.96. The SMILES string of the molecule is CC1(C)[C@@]2(C)N=N[C@]1(C)[C@@H]1CC/C=C\CC[C@@H]12. The molecule has 2 aliphatic carbocycles. The Labute approximate surface area is 105 Å². The maximum Gasteiger partial charge on any atom is 0.0894 e. The number of azo groups is 1. The van der Waals surface area contributed by atoms with Crippen LogP contribution in [-0.2, 0) is 0 Å². The average molecular weight is 232 g/mol. The van der Waals surface area contributed by atoms with Crippen molar-refractivity contribution in [3.63, 3.8) is 0 Å². The summed E-state index contributed by atoms with van der Waals surface area (Å²) in [6.07, 6.45) is 9.73. The third-order valence-electron chi connectivity index (χ3n) is 6.38. The second kappa shape index (κ2) is 3.21. The third-order valence-corrected chi connectivity index (χ3v) is 6.38. The molecule has 0 amide bonds. The maximum atomic E-state index is 4.72. The van der Waals surface area contributed by atoms with E-state index in [1.165, 1.54) is 25.7 Å². The fraction of sp³-hybridized carbons (Fsp3) is 0.867. The van der Waals surface area contributed by atoms with Gasteiger partial charge in [0.05, 0.1) is 11.1 Å². The predicted molar refractivity (Wildman–Crippen MR) is 70.0 cm³/mol. The van der Waals surface area contributed by atoms with Crippen molar-refractivity contribution in [1.82, 2.24) is 0 Å². The Morgan fingerprint density at radius 1 is 0.824 bits per heavy atom. The third kappa shape index (κ3) is 1.12. The van der Waals surface area contributed by atoms with Crippen LogP contribution in [0.25, 0.3) is 0 Å². The molecule has 2 bridgehead atoms. The van der Waals surface area contributed by atoms with Gasteiger partial charge in [0.25, 0.3) is 0 Å². The summed E-state index contributed by atoms with van der Waals surface area (Å²) in [5.74, 6) is 1.45. The highest BCUT2D eigenvalue weighted by Crippen LogP contribution is 2.68. The van der Waals surface area contributed by atoms with Gasteiger partial charge in [-0.3, -0.25) is 0 Å². The highest BCUT2D eigenvalue weighted by Gasteiger charge is 2.72. The lowest BCUT2D eigenvalue weighted by atomic mass is 9.68. The zero-order valence-electron chi connectivity index (χ0n) is 11.5. The Bertz CT molecular complexity index is 362. The van der Waals surface area contributed by atoms with E-state index in [9.17, 15) is 0 Å². The lowest BCUT2D eigenvalue weighted by Crippen LogP contribution is -2.43. The standard InChI is InChI=1S/C15H24N2/c1-13(2)14(3)11-9-7-5-6-8-10-12(11)15(13,4)17-16-14/h5-6,11-12H,7-10H2,1-4H3/b6-5-/t11-,12+,14-,15+. The molecule has 2 nitrogen and oxygen atoms in total. The predicted octanol–water partition coefficient (Wildman–Crippen LogP) is 4.37. The largest absolute Gasteiger partial charge is 0.186 e. The van der Waals surface area contributed by atoms with Gasteiger partial charge in [0.1, 0.15) is 0 Å². The van der Waals surface area contributed by atoms with E-state index in [2.05, 4.69) is 39.8 Å². The number of hydrogen-bond donors (Lipinski definition) is 0. The van der Waals surface area contributed by atoms with Crippen LogP contribution in [0, 0.1) is 17.3 Å². The smallest absolute Gasteiger partial charge is 0.0894 e. The van der Waals surface area contributed by atoms with Gasteiger partial charge in [-0.05, 0) is 51.4 Å². The minimum Gasteiger partial charge on any atom is -0.186 e. The Morgan fingerprint density at radius 3 is 1.65 bits per heavy atom. The molecule has 0 radical (unpaired) electrons. The van der Waals surface area contributed by atoms with Crippen molar-refractivity contribution in [1.29, 1.82) is 0 Å². The molecule has 0 N–H and O–H groups in total. The van der Waals surface area contributed by atoms with Gasteiger partial charge in [0.2, 0.25) is 0 Å². The molecular formula is C15H24N2. The normalized spacial score (nSPS) is 52.9. The molecule has 1 fully saturated rings. The van der Waals surface area contributed by atoms with Gasteiger partial charge >= 0.3 is 0 Å². The number of allylic oxidation sites excluding steroid dienone is 2. The first-order chi connectivity index (χ1) is 7.93. The van der Waals surface area contributed by atoms with E-state index in [0.29, 0.717) is 0 Å². The molecule has 0 aromatic carbocycles. The van der Waals surface area contributed by atoms with Crippen molar-refractivity contribution in [2.75, 3.05) is 0 Å². The Hall–Kier alpha value is -0.660. The average Bonchev–Trinajstić information content (AvgIpc) is 2.45. The van der Waals surface area contributed by atoms with Crippen LogP contribution >= 0.6 is 0 Å². The van der Waals surface area contributed by atoms with Crippen molar-refractivity contribution in [3.8, 4) is 0 Å². The highest BCUT2D eigenvalue weighted by molar-refractivity contribution is 5.26. The van der Waals surface area contributed by atoms with Crippen LogP contribution in [0.2, 0.25) is 0 Å². The quantitative estimate of drug-likeness (QED) is 0.554. The Balaban J connectivity index is 2.07. The molecule has 4 atom stereocenters. The van der Waals surface area contributed by atoms with Crippen molar-refractivity contribution >= 4 is 0 Å². The van der Waals surface area contributed by atoms with E-state index in [0.717, 1.165) is 11.8 Å². The summed E-state index contributed by atoms with van der Waals surface area (Å²) >= 11 is 0. The van der Waals surface area contributed by atoms with Crippen molar-refractivity contribution < 1.29 is 0 Å². The van der Waals surface area contributed by atoms with E-state index in [4.69, 9.17) is 10.2 Å². The number of rotatable bonds is 0. The Morgan fingerprint density at radius 2 is 1.24 bits per heavy atom. The zero-order valence-corrected chi connectivity index (χ0v) is 11.5. The van der Waals surface area contributed by atoms with Crippen molar-refractivity contribution in [2.45, 2.75) is 64.5 Å². The van der Waals surface area contributed by atoms with Crippen LogP contribution in [0.15, 0.2) is 22.4 Å². The van der Waals surface area contributed by atoms with E-state index in [1.54, 1.807) is 0 Å². The molecule has 1 heterocycles. The first kappa shape index (κ1) is 11.4. The van der Waals surface area contributed by atoms with Gasteiger partial charge in [0, 0.05) is 5.41 Å². The molecule has 0 saturated heterocycles. The summed E-state index contributed by atoms with van der Waals surface area (Å²) in [4.78, 5) is 0. The fourth-order valence-corrected chi connectivity index (χ4v) is 4.58. The second-order valence-electron chi connectivity index (χ2n) is 6.96. The van der Waals surface area contributed by atoms with E-state index in [1.807, 2.05) is 0 Å². The summed E-state index contributed by atoms with van der Waals surface area (Å²) in [5.41, 5.74) is 0.342. The van der Waals surface area contributed by atoms with Gasteiger partial charge in [0.15, 0.2) is 0 Å². The molecule has 3 rings (SSSR count). The summed E-state index contributed by atoms with van der Waals surface area (Å²) in [5, 5.41) is 9.44. The fourth-order valence-electron chi connectivity index (χ4n) is 4.58. The minimum atomic E-state index is 0.0671. The molecular weight excluding hydrogens is 208 g/mol. The molecule has 1 saturated carbocycles. The molecule has 0 spiro atoms. The van der Waals surface area contributed by atoms with Crippen LogP contribution in [0.3, 0.4) is 0 Å². The van der Waals surface area contributed by atoms with Gasteiger partial charge in [-0.2, -0.15) is 10.2 Å². The van der Waals surface area contributed by atoms with Crippen LogP contribution in [0.5, 0.6) is 0 Å². The van der Waals surface area contributed by atoms with E-state index >= 15 is 0 Å². The lowest BCUT2D eigenvalue weighted by molar-refractivity contribution is 0.173. The molecule has 0 unspecified atom stereocenters. The number of hydrogen-bond acceptors (Lipinski definition) is 2. The van der Waals surface area contributed by atoms with Gasteiger partial charge < -0.3 is 0 Å². The van der Waals surface area contributed by atoms with Gasteiger partial charge in [-0.25, -0.2) is 0 Å². The van der Waals surface area contributed by atoms with Crippen LogP contribution in [-0.4, -0.2) is 11.1 Å². The summed E-state index contributed by atoms with van der Waals surface area (Å²) in [6, 6.07) is 0.